The first-order chi connectivity index (χ1) is 13.4. The highest BCUT2D eigenvalue weighted by atomic mass is 15.0. The second-order valence-electron chi connectivity index (χ2n) is 13.3. The van der Waals surface area contributed by atoms with E-state index in [1.165, 1.54) is 107 Å². The zero-order valence-corrected chi connectivity index (χ0v) is 15.8. The standard InChI is InChI=1S/C27H28/c1-2-4-9(5-3-1)8-27-24-12-6-10-14-11-7-13(24)18-16(11)21-19(14)20-15(10)17(12)25(27)22(20)23(21)26(18)27/h1-5,10-26H,6-8H2/t10-,11+,12-,13-,14?,15+,16-,17-,18-,19?,20+,21-,22+,23+,24?,25-,26+,27?/m1/s1. The van der Waals surface area contributed by atoms with Gasteiger partial charge in [-0.15, -0.1) is 0 Å². The van der Waals surface area contributed by atoms with Crippen molar-refractivity contribution in [3.63, 3.8) is 0 Å². The van der Waals surface area contributed by atoms with Gasteiger partial charge in [0.05, 0.1) is 0 Å². The fraction of sp³-hybridized carbons (Fsp3) is 0.778. The van der Waals surface area contributed by atoms with Gasteiger partial charge in [-0.1, -0.05) is 30.3 Å². The highest BCUT2D eigenvalue weighted by molar-refractivity contribution is 5.43. The smallest absolute Gasteiger partial charge is 0.0155 e. The molecule has 11 rings (SSSR count). The topological polar surface area (TPSA) is 0 Å². The number of hydrogen-bond acceptors (Lipinski definition) is 0. The first-order valence-electron chi connectivity index (χ1n) is 12.5. The normalized spacial score (nSPS) is 79.5. The molecule has 1 aromatic carbocycles. The van der Waals surface area contributed by atoms with Gasteiger partial charge in [-0.05, 0) is 131 Å². The van der Waals surface area contributed by atoms with Crippen molar-refractivity contribution < 1.29 is 0 Å². The van der Waals surface area contributed by atoms with Crippen molar-refractivity contribution in [3.8, 4) is 0 Å². The average molecular weight is 353 g/mol. The molecule has 4 unspecified atom stereocenters. The summed E-state index contributed by atoms with van der Waals surface area (Å²) < 4.78 is 0. The molecule has 0 spiro atoms. The molecule has 10 saturated carbocycles. The fourth-order valence-electron chi connectivity index (χ4n) is 15.8. The average Bonchev–Trinajstić information content (AvgIpc) is 3.41. The van der Waals surface area contributed by atoms with Gasteiger partial charge in [-0.2, -0.15) is 0 Å². The molecule has 0 nitrogen and oxygen atoms in total. The Bertz CT molecular complexity index is 904. The van der Waals surface area contributed by atoms with Crippen LogP contribution >= 0.6 is 0 Å². The van der Waals surface area contributed by atoms with Crippen LogP contribution in [-0.4, -0.2) is 0 Å². The summed E-state index contributed by atoms with van der Waals surface area (Å²) in [6, 6.07) is 11.9. The molecule has 10 aliphatic rings. The van der Waals surface area contributed by atoms with Crippen molar-refractivity contribution in [2.75, 3.05) is 0 Å². The van der Waals surface area contributed by atoms with E-state index in [1.54, 1.807) is 18.4 Å². The molecule has 0 N–H and O–H groups in total. The summed E-state index contributed by atoms with van der Waals surface area (Å²) in [6.45, 7) is 0. The highest BCUT2D eigenvalue weighted by Gasteiger charge is 2.95. The lowest BCUT2D eigenvalue weighted by Crippen LogP contribution is -2.39. The van der Waals surface area contributed by atoms with Gasteiger partial charge in [0.25, 0.3) is 0 Å². The molecule has 27 heavy (non-hydrogen) atoms. The number of hydrogen-bond donors (Lipinski definition) is 0. The van der Waals surface area contributed by atoms with E-state index in [4.69, 9.17) is 0 Å². The van der Waals surface area contributed by atoms with E-state index in [2.05, 4.69) is 30.3 Å². The Balaban J connectivity index is 1.27. The largest absolute Gasteiger partial charge is 0.0622 e. The Hall–Kier alpha value is -0.780. The van der Waals surface area contributed by atoms with E-state index in [1.807, 2.05) is 0 Å². The fourth-order valence-corrected chi connectivity index (χ4v) is 15.8. The van der Waals surface area contributed by atoms with Crippen LogP contribution in [0, 0.1) is 106 Å². The molecule has 136 valence electrons. The molecule has 1 aromatic rings. The van der Waals surface area contributed by atoms with Crippen LogP contribution in [0.5, 0.6) is 0 Å². The molecule has 0 aromatic heterocycles. The third-order valence-corrected chi connectivity index (χ3v) is 14.3. The van der Waals surface area contributed by atoms with Crippen LogP contribution in [0.15, 0.2) is 30.3 Å². The van der Waals surface area contributed by atoms with Gasteiger partial charge in [0.2, 0.25) is 0 Å². The maximum Gasteiger partial charge on any atom is -0.0155 e. The van der Waals surface area contributed by atoms with Crippen molar-refractivity contribution in [1.29, 1.82) is 0 Å². The van der Waals surface area contributed by atoms with Crippen LogP contribution in [0.3, 0.4) is 0 Å². The van der Waals surface area contributed by atoms with E-state index in [0.717, 1.165) is 5.41 Å². The molecule has 0 amide bonds. The SMILES string of the molecule is c1ccc(CC23C4[C@@H]5C[C@@H]6C7C8[C@@H]9[C@@H]6[C@@H]5[C@@H]2[C@@H]9[C@@H]2[C@@H]8[C@H]5[C@H]([C@@H]23)[C@H]4C[C@@H]75)cc1. The van der Waals surface area contributed by atoms with E-state index in [-0.39, 0.29) is 0 Å². The van der Waals surface area contributed by atoms with Crippen molar-refractivity contribution in [3.05, 3.63) is 35.9 Å². The van der Waals surface area contributed by atoms with Crippen molar-refractivity contribution in [2.24, 2.45) is 106 Å². The lowest BCUT2D eigenvalue weighted by atomic mass is 9.61. The molecule has 10 fully saturated rings. The van der Waals surface area contributed by atoms with Gasteiger partial charge in [0.15, 0.2) is 0 Å². The number of fused-ring (bicyclic) bond motifs is 4. The predicted molar refractivity (Wildman–Crippen MR) is 101 cm³/mol. The maximum atomic E-state index is 2.49. The molecular weight excluding hydrogens is 324 g/mol. The van der Waals surface area contributed by atoms with Crippen molar-refractivity contribution >= 4 is 0 Å². The van der Waals surface area contributed by atoms with Gasteiger partial charge >= 0.3 is 0 Å². The molecule has 10 aliphatic carbocycles. The van der Waals surface area contributed by atoms with E-state index in [9.17, 15) is 0 Å². The summed E-state index contributed by atoms with van der Waals surface area (Å²) in [7, 11) is 0. The zero-order chi connectivity index (χ0) is 16.5. The van der Waals surface area contributed by atoms with Crippen LogP contribution in [0.2, 0.25) is 0 Å². The second kappa shape index (κ2) is 3.27. The molecule has 0 radical (unpaired) electrons. The van der Waals surface area contributed by atoms with Crippen LogP contribution in [0.1, 0.15) is 18.4 Å². The van der Waals surface area contributed by atoms with Crippen LogP contribution < -0.4 is 0 Å². The third kappa shape index (κ3) is 0.854. The van der Waals surface area contributed by atoms with Crippen LogP contribution in [0.25, 0.3) is 0 Å². The molecule has 0 heterocycles. The highest BCUT2D eigenvalue weighted by Crippen LogP contribution is 2.99. The minimum absolute atomic E-state index is 0.784. The summed E-state index contributed by atoms with van der Waals surface area (Å²) in [5, 5.41) is 0. The Morgan fingerprint density at radius 2 is 1.15 bits per heavy atom. The Morgan fingerprint density at radius 1 is 0.556 bits per heavy atom. The minimum Gasteiger partial charge on any atom is -0.0622 e. The van der Waals surface area contributed by atoms with E-state index >= 15 is 0 Å². The molecule has 18 atom stereocenters. The monoisotopic (exact) mass is 352 g/mol. The van der Waals surface area contributed by atoms with Gasteiger partial charge in [-0.25, -0.2) is 0 Å². The summed E-state index contributed by atoms with van der Waals surface area (Å²) in [4.78, 5) is 0. The van der Waals surface area contributed by atoms with Crippen molar-refractivity contribution in [2.45, 2.75) is 19.3 Å². The summed E-state index contributed by atoms with van der Waals surface area (Å²) in [6.07, 6.45) is 4.92. The first kappa shape index (κ1) is 12.7. The van der Waals surface area contributed by atoms with Gasteiger partial charge < -0.3 is 0 Å². The van der Waals surface area contributed by atoms with E-state index in [0.29, 0.717) is 0 Å². The summed E-state index contributed by atoms with van der Waals surface area (Å²) in [5.41, 5.74) is 2.49. The predicted octanol–water partition coefficient (Wildman–Crippen LogP) is 4.61. The number of benzene rings is 1. The first-order valence-corrected chi connectivity index (χ1v) is 12.5. The Kier molecular flexibility index (Phi) is 1.54. The van der Waals surface area contributed by atoms with Crippen LogP contribution in [-0.2, 0) is 6.42 Å². The number of rotatable bonds is 2. The lowest BCUT2D eigenvalue weighted by Gasteiger charge is -2.43. The lowest BCUT2D eigenvalue weighted by molar-refractivity contribution is 0.0556. The Morgan fingerprint density at radius 3 is 1.78 bits per heavy atom. The second-order valence-corrected chi connectivity index (χ2v) is 13.3. The van der Waals surface area contributed by atoms with Gasteiger partial charge in [-0.3, -0.25) is 0 Å². The molecule has 0 bridgehead atoms. The summed E-state index contributed by atoms with van der Waals surface area (Å²) in [5.74, 6) is 20.8. The molecule has 0 saturated heterocycles. The zero-order valence-electron chi connectivity index (χ0n) is 15.8. The van der Waals surface area contributed by atoms with Gasteiger partial charge in [0.1, 0.15) is 0 Å². The van der Waals surface area contributed by atoms with Crippen LogP contribution in [0.4, 0.5) is 0 Å². The molecule has 0 heteroatoms. The van der Waals surface area contributed by atoms with Crippen molar-refractivity contribution in [1.82, 2.24) is 0 Å². The van der Waals surface area contributed by atoms with E-state index < -0.39 is 0 Å². The quantitative estimate of drug-likeness (QED) is 0.729. The molecular formula is C27H28. The Labute approximate surface area is 161 Å². The minimum atomic E-state index is 0.784. The van der Waals surface area contributed by atoms with Gasteiger partial charge in [0, 0.05) is 0 Å². The molecule has 0 aliphatic heterocycles. The third-order valence-electron chi connectivity index (χ3n) is 14.3. The summed E-state index contributed by atoms with van der Waals surface area (Å²) >= 11 is 0. The maximum absolute atomic E-state index is 2.49.